The van der Waals surface area contributed by atoms with E-state index in [1.165, 1.54) is 0 Å². The topological polar surface area (TPSA) is 87.8 Å². The van der Waals surface area contributed by atoms with E-state index in [0.717, 1.165) is 4.47 Å². The molecule has 1 aromatic carbocycles. The Morgan fingerprint density at radius 2 is 2.14 bits per heavy atom. The zero-order valence-corrected chi connectivity index (χ0v) is 13.2. The smallest absolute Gasteiger partial charge is 0.355 e. The number of esters is 1. The van der Waals surface area contributed by atoms with E-state index in [2.05, 4.69) is 30.9 Å². The molecule has 0 amide bonds. The summed E-state index contributed by atoms with van der Waals surface area (Å²) in [6.07, 6.45) is 0.962. The summed E-state index contributed by atoms with van der Waals surface area (Å²) in [6, 6.07) is 8.62. The molecule has 2 heterocycles. The van der Waals surface area contributed by atoms with Crippen LogP contribution in [0.1, 0.15) is 29.3 Å². The minimum Gasteiger partial charge on any atom is -0.450 e. The highest BCUT2D eigenvalue weighted by molar-refractivity contribution is 9.10. The summed E-state index contributed by atoms with van der Waals surface area (Å²) >= 11 is 3.25. The van der Waals surface area contributed by atoms with E-state index in [-0.39, 0.29) is 5.56 Å². The highest BCUT2D eigenvalue weighted by Crippen LogP contribution is 2.17. The molecule has 22 heavy (non-hydrogen) atoms. The van der Waals surface area contributed by atoms with E-state index >= 15 is 0 Å². The van der Waals surface area contributed by atoms with Crippen molar-refractivity contribution in [2.24, 2.45) is 0 Å². The number of hydrogen-bond acceptors (Lipinski definition) is 4. The largest absolute Gasteiger partial charge is 0.450 e. The van der Waals surface area contributed by atoms with Gasteiger partial charge in [0.05, 0.1) is 10.9 Å². The zero-order valence-electron chi connectivity index (χ0n) is 11.6. The van der Waals surface area contributed by atoms with Crippen LogP contribution in [0, 0.1) is 0 Å². The van der Waals surface area contributed by atoms with E-state index in [4.69, 9.17) is 4.74 Å². The first-order valence-corrected chi connectivity index (χ1v) is 7.38. The van der Waals surface area contributed by atoms with Crippen molar-refractivity contribution in [1.82, 2.24) is 15.0 Å². The molecule has 3 rings (SSSR count). The fourth-order valence-corrected chi connectivity index (χ4v) is 2.41. The minimum absolute atomic E-state index is 0.258. The number of nitrogens with zero attached hydrogens (tertiary/aromatic N) is 1. The molecule has 1 atom stereocenters. The first-order chi connectivity index (χ1) is 10.5. The summed E-state index contributed by atoms with van der Waals surface area (Å²) in [5, 5.41) is 0.498. The lowest BCUT2D eigenvalue weighted by Crippen LogP contribution is -2.17. The first kappa shape index (κ1) is 14.5. The average molecular weight is 362 g/mol. The van der Waals surface area contributed by atoms with E-state index in [1.807, 2.05) is 0 Å². The fourth-order valence-electron chi connectivity index (χ4n) is 2.06. The number of hydrogen-bond donors (Lipinski definition) is 2. The van der Waals surface area contributed by atoms with Crippen molar-refractivity contribution < 1.29 is 9.53 Å². The van der Waals surface area contributed by atoms with E-state index < -0.39 is 12.1 Å². The van der Waals surface area contributed by atoms with Crippen LogP contribution >= 0.6 is 15.9 Å². The van der Waals surface area contributed by atoms with Crippen LogP contribution in [0.5, 0.6) is 0 Å². The lowest BCUT2D eigenvalue weighted by Gasteiger charge is -2.12. The standard InChI is InChI=1S/C15H12BrN3O3/c1-8(22-15(21)12-6-9(16)7-17-12)13-18-11-5-3-2-4-10(11)14(20)19-13/h2-8,17H,1H3,(H,18,19,20)/t8-/m0/s1. The van der Waals surface area contributed by atoms with Crippen LogP contribution in [0.15, 0.2) is 45.8 Å². The summed E-state index contributed by atoms with van der Waals surface area (Å²) in [6.45, 7) is 1.66. The number of aromatic nitrogens is 3. The molecule has 0 spiro atoms. The molecule has 6 nitrogen and oxygen atoms in total. The third kappa shape index (κ3) is 2.80. The number of H-pyrrole nitrogens is 2. The highest BCUT2D eigenvalue weighted by atomic mass is 79.9. The van der Waals surface area contributed by atoms with E-state index in [0.29, 0.717) is 22.4 Å². The van der Waals surface area contributed by atoms with E-state index in [1.54, 1.807) is 43.5 Å². The number of carbonyl (C=O) groups is 1. The number of ether oxygens (including phenoxy) is 1. The minimum atomic E-state index is -0.674. The molecule has 2 aromatic heterocycles. The molecule has 0 aliphatic rings. The zero-order chi connectivity index (χ0) is 15.7. The Labute approximate surface area is 133 Å². The van der Waals surface area contributed by atoms with E-state index in [9.17, 15) is 9.59 Å². The first-order valence-electron chi connectivity index (χ1n) is 6.58. The number of carbonyl (C=O) groups excluding carboxylic acids is 1. The number of fused-ring (bicyclic) bond motifs is 1. The quantitative estimate of drug-likeness (QED) is 0.702. The van der Waals surface area contributed by atoms with Crippen molar-refractivity contribution in [3.63, 3.8) is 0 Å². The van der Waals surface area contributed by atoms with Gasteiger partial charge in [-0.25, -0.2) is 9.78 Å². The van der Waals surface area contributed by atoms with Crippen molar-refractivity contribution in [3.05, 3.63) is 62.9 Å². The van der Waals surface area contributed by atoms with Crippen LogP contribution in [0.25, 0.3) is 10.9 Å². The molecule has 0 aliphatic carbocycles. The average Bonchev–Trinajstić information content (AvgIpc) is 2.94. The highest BCUT2D eigenvalue weighted by Gasteiger charge is 2.17. The summed E-state index contributed by atoms with van der Waals surface area (Å²) in [7, 11) is 0. The number of para-hydroxylation sites is 1. The van der Waals surface area contributed by atoms with Crippen LogP contribution in [0.2, 0.25) is 0 Å². The molecule has 0 saturated carbocycles. The molecule has 0 fully saturated rings. The lowest BCUT2D eigenvalue weighted by atomic mass is 10.2. The SMILES string of the molecule is C[C@H](OC(=O)c1cc(Br)c[nH]1)c1nc2ccccc2c(=O)[nH]1. The Hall–Kier alpha value is -2.41. The van der Waals surface area contributed by atoms with Crippen LogP contribution in [0.4, 0.5) is 0 Å². The van der Waals surface area contributed by atoms with Crippen molar-refractivity contribution in [2.75, 3.05) is 0 Å². The Morgan fingerprint density at radius 3 is 2.86 bits per heavy atom. The predicted octanol–water partition coefficient (Wildman–Crippen LogP) is 2.93. The normalized spacial score (nSPS) is 12.3. The van der Waals surface area contributed by atoms with Gasteiger partial charge in [-0.2, -0.15) is 0 Å². The third-order valence-corrected chi connectivity index (χ3v) is 3.63. The van der Waals surface area contributed by atoms with Crippen LogP contribution in [-0.4, -0.2) is 20.9 Å². The van der Waals surface area contributed by atoms with Crippen molar-refractivity contribution in [2.45, 2.75) is 13.0 Å². The Kier molecular flexibility index (Phi) is 3.81. The molecule has 0 bridgehead atoms. The summed E-state index contributed by atoms with van der Waals surface area (Å²) in [5.74, 6) is -0.211. The maximum atomic E-state index is 12.0. The molecule has 3 aromatic rings. The molecule has 0 saturated heterocycles. The Bertz CT molecular complexity index is 900. The second-order valence-corrected chi connectivity index (χ2v) is 5.66. The van der Waals surface area contributed by atoms with Crippen LogP contribution in [0.3, 0.4) is 0 Å². The van der Waals surface area contributed by atoms with Gasteiger partial charge in [0.2, 0.25) is 0 Å². The maximum absolute atomic E-state index is 12.0. The van der Waals surface area contributed by atoms with Gasteiger partial charge in [-0.05, 0) is 41.1 Å². The van der Waals surface area contributed by atoms with Gasteiger partial charge in [0.1, 0.15) is 5.69 Å². The van der Waals surface area contributed by atoms with Gasteiger partial charge in [-0.15, -0.1) is 0 Å². The second kappa shape index (κ2) is 5.76. The summed E-state index contributed by atoms with van der Waals surface area (Å²) < 4.78 is 6.07. The number of aromatic amines is 2. The van der Waals surface area contributed by atoms with Crippen molar-refractivity contribution in [1.29, 1.82) is 0 Å². The molecule has 7 heteroatoms. The molecule has 112 valence electrons. The van der Waals surface area contributed by atoms with Gasteiger partial charge in [0.25, 0.3) is 5.56 Å². The summed E-state index contributed by atoms with van der Waals surface area (Å²) in [4.78, 5) is 33.8. The summed E-state index contributed by atoms with van der Waals surface area (Å²) in [5.41, 5.74) is 0.625. The number of nitrogens with one attached hydrogen (secondary N) is 2. The van der Waals surface area contributed by atoms with Crippen LogP contribution in [-0.2, 0) is 4.74 Å². The van der Waals surface area contributed by atoms with Gasteiger partial charge < -0.3 is 14.7 Å². The Balaban J connectivity index is 1.87. The number of halogens is 1. The van der Waals surface area contributed by atoms with Crippen molar-refractivity contribution >= 4 is 32.8 Å². The molecule has 0 aliphatic heterocycles. The Morgan fingerprint density at radius 1 is 1.36 bits per heavy atom. The molecule has 0 radical (unpaired) electrons. The molecule has 0 unspecified atom stereocenters. The van der Waals surface area contributed by atoms with Crippen LogP contribution < -0.4 is 5.56 Å². The second-order valence-electron chi connectivity index (χ2n) is 4.75. The van der Waals surface area contributed by atoms with Gasteiger partial charge in [-0.1, -0.05) is 12.1 Å². The fraction of sp³-hybridized carbons (Fsp3) is 0.133. The molecular formula is C15H12BrN3O3. The number of benzene rings is 1. The van der Waals surface area contributed by atoms with Gasteiger partial charge in [0, 0.05) is 10.7 Å². The molecular weight excluding hydrogens is 350 g/mol. The molecule has 2 N–H and O–H groups in total. The maximum Gasteiger partial charge on any atom is 0.355 e. The predicted molar refractivity (Wildman–Crippen MR) is 84.7 cm³/mol. The van der Waals surface area contributed by atoms with Gasteiger partial charge in [-0.3, -0.25) is 4.79 Å². The third-order valence-electron chi connectivity index (χ3n) is 3.17. The van der Waals surface area contributed by atoms with Gasteiger partial charge >= 0.3 is 5.97 Å². The lowest BCUT2D eigenvalue weighted by molar-refractivity contribution is 0.0314. The van der Waals surface area contributed by atoms with Crippen molar-refractivity contribution in [3.8, 4) is 0 Å². The number of rotatable bonds is 3. The monoisotopic (exact) mass is 361 g/mol. The van der Waals surface area contributed by atoms with Gasteiger partial charge in [0.15, 0.2) is 11.9 Å².